The highest BCUT2D eigenvalue weighted by Crippen LogP contribution is 2.24. The molecule has 0 radical (unpaired) electrons. The van der Waals surface area contributed by atoms with Gasteiger partial charge in [0.15, 0.2) is 0 Å². The monoisotopic (exact) mass is 194 g/mol. The Kier molecular flexibility index (Phi) is 6.21. The zero-order chi connectivity index (χ0) is 10.3. The molecule has 0 aliphatic rings. The number of unbranched alkanes of at least 4 members (excludes halogenated alkanes) is 1. The van der Waals surface area contributed by atoms with Crippen molar-refractivity contribution in [3.63, 3.8) is 0 Å². The molecule has 0 N–H and O–H groups in total. The van der Waals surface area contributed by atoms with Crippen LogP contribution in [0.5, 0.6) is 0 Å². The topological polar surface area (TPSA) is 9.23 Å². The van der Waals surface area contributed by atoms with Crippen molar-refractivity contribution in [3.05, 3.63) is 0 Å². The summed E-state index contributed by atoms with van der Waals surface area (Å²) in [6.07, 6.45) is 1.41. The predicted octanol–water partition coefficient (Wildman–Crippen LogP) is 3.63. The third kappa shape index (κ3) is 8.16. The quantitative estimate of drug-likeness (QED) is 0.562. The number of hydrogen-bond acceptors (Lipinski definition) is 1. The maximum atomic E-state index is 12.7. The highest BCUT2D eigenvalue weighted by molar-refractivity contribution is 4.62. The molecule has 0 saturated heterocycles. The molecule has 0 fully saturated rings. The first-order valence-electron chi connectivity index (χ1n) is 4.97. The van der Waals surface area contributed by atoms with E-state index in [1.165, 1.54) is 6.92 Å². The molecule has 0 aromatic rings. The van der Waals surface area contributed by atoms with E-state index in [1.54, 1.807) is 0 Å². The number of halogens is 2. The van der Waals surface area contributed by atoms with Gasteiger partial charge >= 0.3 is 0 Å². The molecule has 0 aliphatic heterocycles. The van der Waals surface area contributed by atoms with Crippen molar-refractivity contribution in [3.8, 4) is 0 Å². The fraction of sp³-hybridized carbons (Fsp3) is 1.00. The Bertz CT molecular complexity index is 124. The Morgan fingerprint density at radius 2 is 1.85 bits per heavy atom. The van der Waals surface area contributed by atoms with E-state index in [0.717, 1.165) is 6.42 Å². The second kappa shape index (κ2) is 6.30. The average Bonchev–Trinajstić information content (AvgIpc) is 2.03. The fourth-order valence-corrected chi connectivity index (χ4v) is 0.982. The van der Waals surface area contributed by atoms with Crippen molar-refractivity contribution in [2.75, 3.05) is 6.61 Å². The summed E-state index contributed by atoms with van der Waals surface area (Å²) in [6.45, 7) is 6.00. The van der Waals surface area contributed by atoms with Gasteiger partial charge in [-0.15, -0.1) is 0 Å². The largest absolute Gasteiger partial charge is 0.379 e. The first-order chi connectivity index (χ1) is 5.98. The van der Waals surface area contributed by atoms with Crippen LogP contribution in [0.4, 0.5) is 8.78 Å². The van der Waals surface area contributed by atoms with Gasteiger partial charge in [0.1, 0.15) is 0 Å². The molecule has 0 rings (SSSR count). The third-order valence-electron chi connectivity index (χ3n) is 1.91. The van der Waals surface area contributed by atoms with Gasteiger partial charge in [0.05, 0.1) is 6.10 Å². The lowest BCUT2D eigenvalue weighted by Gasteiger charge is -2.13. The van der Waals surface area contributed by atoms with Crippen molar-refractivity contribution >= 4 is 0 Å². The molecular formula is C10H20F2O. The van der Waals surface area contributed by atoms with Crippen LogP contribution in [0.3, 0.4) is 0 Å². The van der Waals surface area contributed by atoms with Crippen LogP contribution in [-0.4, -0.2) is 18.6 Å². The number of alkyl halides is 2. The van der Waals surface area contributed by atoms with Crippen LogP contribution >= 0.6 is 0 Å². The number of hydrogen-bond donors (Lipinski definition) is 0. The lowest BCUT2D eigenvalue weighted by atomic mass is 10.1. The van der Waals surface area contributed by atoms with Crippen LogP contribution < -0.4 is 0 Å². The van der Waals surface area contributed by atoms with Crippen LogP contribution in [0, 0.1) is 0 Å². The summed E-state index contributed by atoms with van der Waals surface area (Å²) in [4.78, 5) is 0. The SMILES string of the molecule is CCC(F)(F)CCCCOC(C)C. The molecule has 0 aliphatic carbocycles. The van der Waals surface area contributed by atoms with E-state index in [-0.39, 0.29) is 18.9 Å². The Balaban J connectivity index is 3.26. The molecule has 0 unspecified atom stereocenters. The smallest absolute Gasteiger partial charge is 0.247 e. The standard InChI is InChI=1S/C10H20F2O/c1-4-10(11,12)7-5-6-8-13-9(2)3/h9H,4-8H2,1-3H3. The third-order valence-corrected chi connectivity index (χ3v) is 1.91. The molecule has 1 nitrogen and oxygen atoms in total. The van der Waals surface area contributed by atoms with Crippen LogP contribution in [0.2, 0.25) is 0 Å². The summed E-state index contributed by atoms with van der Waals surface area (Å²) in [6, 6.07) is 0. The van der Waals surface area contributed by atoms with Gasteiger partial charge in [-0.2, -0.15) is 0 Å². The Hall–Kier alpha value is -0.180. The van der Waals surface area contributed by atoms with E-state index < -0.39 is 5.92 Å². The minimum atomic E-state index is -2.47. The van der Waals surface area contributed by atoms with Crippen molar-refractivity contribution in [2.45, 2.75) is 58.5 Å². The summed E-state index contributed by atoms with van der Waals surface area (Å²) >= 11 is 0. The van der Waals surface area contributed by atoms with E-state index in [4.69, 9.17) is 4.74 Å². The lowest BCUT2D eigenvalue weighted by molar-refractivity contribution is -0.0163. The van der Waals surface area contributed by atoms with Crippen molar-refractivity contribution in [1.82, 2.24) is 0 Å². The van der Waals surface area contributed by atoms with E-state index in [0.29, 0.717) is 13.0 Å². The average molecular weight is 194 g/mol. The van der Waals surface area contributed by atoms with Gasteiger partial charge in [0.25, 0.3) is 0 Å². The highest BCUT2D eigenvalue weighted by atomic mass is 19.3. The maximum Gasteiger partial charge on any atom is 0.247 e. The van der Waals surface area contributed by atoms with Gasteiger partial charge in [-0.1, -0.05) is 6.92 Å². The summed E-state index contributed by atoms with van der Waals surface area (Å²) in [7, 11) is 0. The minimum absolute atomic E-state index is 0.00897. The minimum Gasteiger partial charge on any atom is -0.379 e. The van der Waals surface area contributed by atoms with Crippen molar-refractivity contribution < 1.29 is 13.5 Å². The van der Waals surface area contributed by atoms with Gasteiger partial charge in [0.2, 0.25) is 5.92 Å². The van der Waals surface area contributed by atoms with Gasteiger partial charge in [-0.25, -0.2) is 8.78 Å². The molecule has 0 heterocycles. The fourth-order valence-electron chi connectivity index (χ4n) is 0.982. The summed E-state index contributed by atoms with van der Waals surface area (Å²) in [5.41, 5.74) is 0. The second-order valence-electron chi connectivity index (χ2n) is 3.59. The molecule has 0 bridgehead atoms. The lowest BCUT2D eigenvalue weighted by Crippen LogP contribution is -2.14. The van der Waals surface area contributed by atoms with Gasteiger partial charge in [-0.3, -0.25) is 0 Å². The first-order valence-corrected chi connectivity index (χ1v) is 4.97. The maximum absolute atomic E-state index is 12.7. The van der Waals surface area contributed by atoms with Crippen LogP contribution in [0.15, 0.2) is 0 Å². The molecule has 80 valence electrons. The van der Waals surface area contributed by atoms with Crippen molar-refractivity contribution in [1.29, 1.82) is 0 Å². The van der Waals surface area contributed by atoms with Crippen LogP contribution in [0.1, 0.15) is 46.5 Å². The van der Waals surface area contributed by atoms with E-state index in [9.17, 15) is 8.78 Å². The molecule has 0 amide bonds. The Morgan fingerprint density at radius 1 is 1.23 bits per heavy atom. The molecule has 0 spiro atoms. The second-order valence-corrected chi connectivity index (χ2v) is 3.59. The zero-order valence-corrected chi connectivity index (χ0v) is 8.78. The van der Waals surface area contributed by atoms with Gasteiger partial charge < -0.3 is 4.74 Å². The molecule has 0 atom stereocenters. The van der Waals surface area contributed by atoms with Gasteiger partial charge in [-0.05, 0) is 26.7 Å². The molecule has 3 heteroatoms. The molecular weight excluding hydrogens is 174 g/mol. The van der Waals surface area contributed by atoms with Gasteiger partial charge in [0, 0.05) is 19.4 Å². The highest BCUT2D eigenvalue weighted by Gasteiger charge is 2.24. The van der Waals surface area contributed by atoms with Crippen molar-refractivity contribution in [2.24, 2.45) is 0 Å². The Morgan fingerprint density at radius 3 is 2.31 bits per heavy atom. The van der Waals surface area contributed by atoms with Crippen LogP contribution in [0.25, 0.3) is 0 Å². The number of rotatable bonds is 7. The zero-order valence-electron chi connectivity index (χ0n) is 8.78. The predicted molar refractivity (Wildman–Crippen MR) is 50.2 cm³/mol. The van der Waals surface area contributed by atoms with E-state index in [1.807, 2.05) is 13.8 Å². The molecule has 0 saturated carbocycles. The summed E-state index contributed by atoms with van der Waals surface area (Å²) in [5, 5.41) is 0. The molecule has 13 heavy (non-hydrogen) atoms. The first kappa shape index (κ1) is 12.8. The Labute approximate surface area is 79.5 Å². The normalized spacial score (nSPS) is 12.5. The van der Waals surface area contributed by atoms with Crippen LogP contribution in [-0.2, 0) is 4.74 Å². The number of ether oxygens (including phenoxy) is 1. The summed E-state index contributed by atoms with van der Waals surface area (Å²) in [5.74, 6) is -2.47. The summed E-state index contributed by atoms with van der Waals surface area (Å²) < 4.78 is 30.6. The molecule has 0 aromatic carbocycles. The molecule has 0 aromatic heterocycles. The van der Waals surface area contributed by atoms with E-state index in [2.05, 4.69) is 0 Å². The van der Waals surface area contributed by atoms with E-state index >= 15 is 0 Å².